The third kappa shape index (κ3) is 5.82. The average Bonchev–Trinajstić information content (AvgIpc) is 2.82. The van der Waals surface area contributed by atoms with Gasteiger partial charge in [0.1, 0.15) is 0 Å². The summed E-state index contributed by atoms with van der Waals surface area (Å²) in [5.74, 6) is -2.58. The molecule has 1 aliphatic heterocycles. The monoisotopic (exact) mass is 567 g/mol. The number of benzene rings is 2. The van der Waals surface area contributed by atoms with E-state index < -0.39 is 66.3 Å². The van der Waals surface area contributed by atoms with Crippen LogP contribution in [-0.2, 0) is 31.7 Å². The van der Waals surface area contributed by atoms with Gasteiger partial charge in [0.05, 0.1) is 39.1 Å². The van der Waals surface area contributed by atoms with Crippen LogP contribution >= 0.6 is 0 Å². The molecule has 1 heterocycles. The molecule has 13 heteroatoms. The maximum atomic E-state index is 13.3. The van der Waals surface area contributed by atoms with Gasteiger partial charge in [-0.2, -0.15) is 26.3 Å². The lowest BCUT2D eigenvalue weighted by Crippen LogP contribution is -2.49. The van der Waals surface area contributed by atoms with Crippen LogP contribution in [0, 0.1) is 5.92 Å². The third-order valence-electron chi connectivity index (χ3n) is 6.59. The highest BCUT2D eigenvalue weighted by Crippen LogP contribution is 2.41. The zero-order valence-corrected chi connectivity index (χ0v) is 20.7. The van der Waals surface area contributed by atoms with Gasteiger partial charge in [0.25, 0.3) is 0 Å². The molecule has 1 amide bonds. The van der Waals surface area contributed by atoms with Crippen molar-refractivity contribution < 1.29 is 49.1 Å². The van der Waals surface area contributed by atoms with Gasteiger partial charge in [-0.3, -0.25) is 4.79 Å². The van der Waals surface area contributed by atoms with E-state index in [0.717, 1.165) is 36.3 Å². The molecule has 0 spiro atoms. The minimum Gasteiger partial charge on any atom is -0.465 e. The van der Waals surface area contributed by atoms with Gasteiger partial charge < -0.3 is 9.64 Å². The Hall–Kier alpha value is -3.09. The van der Waals surface area contributed by atoms with E-state index in [1.54, 1.807) is 0 Å². The number of alkyl halides is 6. The van der Waals surface area contributed by atoms with Crippen LogP contribution in [0.25, 0.3) is 0 Å². The first-order valence-electron chi connectivity index (χ1n) is 10.9. The largest absolute Gasteiger partial charge is 0.465 e. The lowest BCUT2D eigenvalue weighted by atomic mass is 9.85. The van der Waals surface area contributed by atoms with Gasteiger partial charge >= 0.3 is 18.3 Å². The molecule has 3 rings (SSSR count). The summed E-state index contributed by atoms with van der Waals surface area (Å²) in [6, 6.07) is 5.58. The molecule has 6 nitrogen and oxygen atoms in total. The van der Waals surface area contributed by atoms with Crippen molar-refractivity contribution in [2.24, 2.45) is 5.92 Å². The fraction of sp³-hybridized carbons (Fsp3) is 0.440. The summed E-state index contributed by atoms with van der Waals surface area (Å²) in [6.07, 6.45) is -9.82. The fourth-order valence-corrected chi connectivity index (χ4v) is 6.05. The molecule has 210 valence electrons. The molecule has 1 fully saturated rings. The SMILES string of the molecule is C.COC(=O)c1cc(C(F)(F)F)ccc1N1CC[C@@H](C(C)(C)S(=O)(=O)c2cccc(C(F)(F)F)c2)CC1=O. The van der Waals surface area contributed by atoms with Crippen molar-refractivity contribution in [1.82, 2.24) is 0 Å². The van der Waals surface area contributed by atoms with Crippen LogP contribution in [0.15, 0.2) is 47.4 Å². The molecule has 1 saturated heterocycles. The van der Waals surface area contributed by atoms with Crippen LogP contribution < -0.4 is 4.90 Å². The minimum absolute atomic E-state index is 0. The van der Waals surface area contributed by atoms with Gasteiger partial charge in [-0.25, -0.2) is 13.2 Å². The second-order valence-electron chi connectivity index (χ2n) is 9.09. The maximum absolute atomic E-state index is 13.3. The van der Waals surface area contributed by atoms with Crippen molar-refractivity contribution in [2.45, 2.75) is 56.1 Å². The van der Waals surface area contributed by atoms with Gasteiger partial charge in [0.2, 0.25) is 5.91 Å². The number of nitrogens with zero attached hydrogens (tertiary/aromatic N) is 1. The zero-order chi connectivity index (χ0) is 28.0. The Balaban J connectivity index is 0.00000507. The Labute approximate surface area is 216 Å². The van der Waals surface area contributed by atoms with E-state index in [-0.39, 0.29) is 32.5 Å². The van der Waals surface area contributed by atoms with Crippen molar-refractivity contribution in [3.8, 4) is 0 Å². The number of amides is 1. The number of rotatable bonds is 5. The summed E-state index contributed by atoms with van der Waals surface area (Å²) < 4.78 is 108. The quantitative estimate of drug-likeness (QED) is 0.320. The number of hydrogen-bond acceptors (Lipinski definition) is 5. The van der Waals surface area contributed by atoms with Gasteiger partial charge in [-0.1, -0.05) is 13.5 Å². The first-order valence-corrected chi connectivity index (χ1v) is 12.4. The van der Waals surface area contributed by atoms with E-state index >= 15 is 0 Å². The van der Waals surface area contributed by atoms with Gasteiger partial charge in [-0.05, 0) is 62.6 Å². The summed E-state index contributed by atoms with van der Waals surface area (Å²) in [6.45, 7) is 2.49. The van der Waals surface area contributed by atoms with Crippen molar-refractivity contribution in [2.75, 3.05) is 18.6 Å². The van der Waals surface area contributed by atoms with Crippen LogP contribution in [0.3, 0.4) is 0 Å². The zero-order valence-electron chi connectivity index (χ0n) is 19.9. The number of anilines is 1. The average molecular weight is 568 g/mol. The summed E-state index contributed by atoms with van der Waals surface area (Å²) in [5, 5.41) is 0. The molecule has 1 aliphatic rings. The van der Waals surface area contributed by atoms with E-state index in [2.05, 4.69) is 4.74 Å². The van der Waals surface area contributed by atoms with Crippen molar-refractivity contribution in [3.05, 3.63) is 59.2 Å². The van der Waals surface area contributed by atoms with Crippen molar-refractivity contribution in [1.29, 1.82) is 0 Å². The standard InChI is InChI=1S/C24H23F6NO5S.CH4/c1-22(2,37(34,35)17-6-4-5-15(11-17)23(25,26)27)14-9-10-31(20(32)13-14)19-8-7-16(24(28,29)30)12-18(19)21(33)36-3;/h4-8,11-12,14H,9-10,13H2,1-3H3;1H4/t14-;/m1./s1. The summed E-state index contributed by atoms with van der Waals surface area (Å²) >= 11 is 0. The Bertz CT molecular complexity index is 1320. The number of sulfone groups is 1. The first kappa shape index (κ1) is 31.1. The van der Waals surface area contributed by atoms with Crippen LogP contribution in [0.4, 0.5) is 32.0 Å². The topological polar surface area (TPSA) is 80.8 Å². The Morgan fingerprint density at radius 1 is 0.974 bits per heavy atom. The molecular formula is C25H27F6NO5S. The van der Waals surface area contributed by atoms with Crippen LogP contribution in [0.5, 0.6) is 0 Å². The molecule has 0 unspecified atom stereocenters. The van der Waals surface area contributed by atoms with E-state index in [9.17, 15) is 44.3 Å². The van der Waals surface area contributed by atoms with Gasteiger partial charge in [0, 0.05) is 13.0 Å². The van der Waals surface area contributed by atoms with Crippen molar-refractivity contribution >= 4 is 27.4 Å². The number of halogens is 6. The summed E-state index contributed by atoms with van der Waals surface area (Å²) in [5.41, 5.74) is -2.86. The second-order valence-corrected chi connectivity index (χ2v) is 11.6. The Morgan fingerprint density at radius 2 is 1.55 bits per heavy atom. The smallest absolute Gasteiger partial charge is 0.416 e. The molecule has 0 aromatic heterocycles. The van der Waals surface area contributed by atoms with Gasteiger partial charge in [0.15, 0.2) is 9.84 Å². The molecule has 38 heavy (non-hydrogen) atoms. The summed E-state index contributed by atoms with van der Waals surface area (Å²) in [7, 11) is -3.37. The normalized spacial score (nSPS) is 17.1. The van der Waals surface area contributed by atoms with Crippen LogP contribution in [0.2, 0.25) is 0 Å². The molecule has 2 aromatic rings. The van der Waals surface area contributed by atoms with E-state index in [1.807, 2.05) is 0 Å². The number of hydrogen-bond donors (Lipinski definition) is 0. The van der Waals surface area contributed by atoms with Crippen LogP contribution in [0.1, 0.15) is 55.6 Å². The number of carbonyl (C=O) groups excluding carboxylic acids is 2. The summed E-state index contributed by atoms with van der Waals surface area (Å²) in [4.78, 5) is 25.8. The molecular weight excluding hydrogens is 540 g/mol. The van der Waals surface area contributed by atoms with Crippen molar-refractivity contribution in [3.63, 3.8) is 0 Å². The molecule has 0 bridgehead atoms. The highest BCUT2D eigenvalue weighted by molar-refractivity contribution is 7.92. The lowest BCUT2D eigenvalue weighted by molar-refractivity contribution is -0.138. The van der Waals surface area contributed by atoms with E-state index in [4.69, 9.17) is 0 Å². The lowest BCUT2D eigenvalue weighted by Gasteiger charge is -2.40. The number of ether oxygens (including phenoxy) is 1. The molecule has 1 atom stereocenters. The Kier molecular flexibility index (Phi) is 8.67. The highest BCUT2D eigenvalue weighted by atomic mass is 32.2. The predicted octanol–water partition coefficient (Wildman–Crippen LogP) is 6.14. The first-order chi connectivity index (χ1) is 16.9. The molecule has 0 saturated carbocycles. The highest BCUT2D eigenvalue weighted by Gasteiger charge is 2.47. The number of esters is 1. The second kappa shape index (κ2) is 10.6. The van der Waals surface area contributed by atoms with Crippen LogP contribution in [-0.4, -0.2) is 38.7 Å². The van der Waals surface area contributed by atoms with E-state index in [0.29, 0.717) is 18.2 Å². The predicted molar refractivity (Wildman–Crippen MR) is 127 cm³/mol. The molecule has 0 aliphatic carbocycles. The molecule has 0 radical (unpaired) electrons. The molecule has 0 N–H and O–H groups in total. The van der Waals surface area contributed by atoms with E-state index in [1.165, 1.54) is 13.8 Å². The number of carbonyl (C=O) groups is 2. The third-order valence-corrected chi connectivity index (χ3v) is 9.18. The number of piperidine rings is 1. The molecule has 2 aromatic carbocycles. The minimum atomic E-state index is -4.75. The Morgan fingerprint density at radius 3 is 2.08 bits per heavy atom. The fourth-order valence-electron chi connectivity index (χ4n) is 4.26. The maximum Gasteiger partial charge on any atom is 0.416 e. The number of methoxy groups -OCH3 is 1. The van der Waals surface area contributed by atoms with Gasteiger partial charge in [-0.15, -0.1) is 0 Å².